The highest BCUT2D eigenvalue weighted by molar-refractivity contribution is 7.89. The molecule has 1 amide bonds. The molecule has 156 valence electrons. The molecule has 0 aliphatic heterocycles. The van der Waals surface area contributed by atoms with Gasteiger partial charge in [-0.3, -0.25) is 4.79 Å². The van der Waals surface area contributed by atoms with Gasteiger partial charge in [0.15, 0.2) is 0 Å². The predicted octanol–water partition coefficient (Wildman–Crippen LogP) is 3.58. The predicted molar refractivity (Wildman–Crippen MR) is 111 cm³/mol. The highest BCUT2D eigenvalue weighted by Crippen LogP contribution is 2.15. The van der Waals surface area contributed by atoms with Gasteiger partial charge in [0.1, 0.15) is 0 Å². The molecule has 0 aromatic heterocycles. The molecule has 2 aromatic carbocycles. The summed E-state index contributed by atoms with van der Waals surface area (Å²) in [5.74, 6) is -0.864. The molecule has 0 heterocycles. The summed E-state index contributed by atoms with van der Waals surface area (Å²) >= 11 is 0. The first-order chi connectivity index (χ1) is 13.7. The number of esters is 1. The van der Waals surface area contributed by atoms with Crippen molar-refractivity contribution in [3.05, 3.63) is 59.7 Å². The van der Waals surface area contributed by atoms with Crippen LogP contribution in [0.25, 0.3) is 0 Å². The van der Waals surface area contributed by atoms with Crippen LogP contribution in [-0.2, 0) is 14.8 Å². The Morgan fingerprint density at radius 1 is 1.03 bits per heavy atom. The smallest absolute Gasteiger partial charge is 0.338 e. The zero-order chi connectivity index (χ0) is 21.4. The van der Waals surface area contributed by atoms with Crippen molar-refractivity contribution in [1.82, 2.24) is 4.72 Å². The van der Waals surface area contributed by atoms with Crippen LogP contribution in [-0.4, -0.2) is 32.9 Å². The molecule has 0 aliphatic carbocycles. The van der Waals surface area contributed by atoms with Gasteiger partial charge in [-0.25, -0.2) is 17.9 Å². The van der Waals surface area contributed by atoms with E-state index in [4.69, 9.17) is 4.74 Å². The molecule has 29 heavy (non-hydrogen) atoms. The third kappa shape index (κ3) is 6.69. The number of benzene rings is 2. The summed E-state index contributed by atoms with van der Waals surface area (Å²) in [4.78, 5) is 24.4. The Labute approximate surface area is 171 Å². The van der Waals surface area contributed by atoms with Gasteiger partial charge >= 0.3 is 5.97 Å². The summed E-state index contributed by atoms with van der Waals surface area (Å²) in [5.41, 5.74) is 1.08. The Kier molecular flexibility index (Phi) is 7.92. The first-order valence-corrected chi connectivity index (χ1v) is 10.9. The van der Waals surface area contributed by atoms with Gasteiger partial charge in [-0.15, -0.1) is 0 Å². The van der Waals surface area contributed by atoms with Gasteiger partial charge in [-0.05, 0) is 62.7 Å². The van der Waals surface area contributed by atoms with Gasteiger partial charge in [0.05, 0.1) is 17.1 Å². The number of hydrogen-bond acceptors (Lipinski definition) is 5. The summed E-state index contributed by atoms with van der Waals surface area (Å²) in [6, 6.07) is 11.9. The Morgan fingerprint density at radius 3 is 2.34 bits per heavy atom. The van der Waals surface area contributed by atoms with Crippen LogP contribution >= 0.6 is 0 Å². The number of amides is 1. The lowest BCUT2D eigenvalue weighted by molar-refractivity contribution is 0.0499. The number of anilines is 1. The van der Waals surface area contributed by atoms with Crippen LogP contribution in [0.3, 0.4) is 0 Å². The molecule has 0 fully saturated rings. The molecule has 0 saturated carbocycles. The average molecular weight is 419 g/mol. The normalized spacial score (nSPS) is 11.3. The molecule has 0 bridgehead atoms. The van der Waals surface area contributed by atoms with Crippen molar-refractivity contribution in [3.63, 3.8) is 0 Å². The van der Waals surface area contributed by atoms with Crippen LogP contribution < -0.4 is 10.0 Å². The van der Waals surface area contributed by atoms with Gasteiger partial charge in [-0.1, -0.05) is 19.4 Å². The number of nitrogens with one attached hydrogen (secondary N) is 2. The van der Waals surface area contributed by atoms with Gasteiger partial charge < -0.3 is 10.1 Å². The van der Waals surface area contributed by atoms with E-state index in [9.17, 15) is 18.0 Å². The molecular formula is C21H26N2O5S. The van der Waals surface area contributed by atoms with Crippen molar-refractivity contribution in [2.45, 2.75) is 44.6 Å². The van der Waals surface area contributed by atoms with E-state index in [1.807, 2.05) is 6.92 Å². The van der Waals surface area contributed by atoms with Crippen LogP contribution in [0.2, 0.25) is 0 Å². The van der Waals surface area contributed by atoms with Crippen molar-refractivity contribution in [2.24, 2.45) is 0 Å². The van der Waals surface area contributed by atoms with Crippen LogP contribution in [0.4, 0.5) is 5.69 Å². The third-order valence-corrected chi connectivity index (χ3v) is 5.56. The third-order valence-electron chi connectivity index (χ3n) is 3.91. The van der Waals surface area contributed by atoms with Crippen molar-refractivity contribution in [3.8, 4) is 0 Å². The van der Waals surface area contributed by atoms with E-state index in [0.717, 1.165) is 12.8 Å². The SMILES string of the molecule is CCCCOC(=O)c1ccc(NC(=O)c2cccc(S(=O)(=O)NC(C)C)c2)cc1. The van der Waals surface area contributed by atoms with Crippen molar-refractivity contribution in [1.29, 1.82) is 0 Å². The molecule has 7 nitrogen and oxygen atoms in total. The molecule has 0 unspecified atom stereocenters. The molecule has 0 radical (unpaired) electrons. The summed E-state index contributed by atoms with van der Waals surface area (Å²) in [5, 5.41) is 2.69. The molecule has 2 N–H and O–H groups in total. The molecule has 0 atom stereocenters. The maximum atomic E-state index is 12.5. The Bertz CT molecular complexity index is 953. The van der Waals surface area contributed by atoms with Crippen molar-refractivity contribution in [2.75, 3.05) is 11.9 Å². The monoisotopic (exact) mass is 418 g/mol. The lowest BCUT2D eigenvalue weighted by Gasteiger charge is -2.11. The summed E-state index contributed by atoms with van der Waals surface area (Å²) in [7, 11) is -3.69. The van der Waals surface area contributed by atoms with Gasteiger partial charge in [0, 0.05) is 17.3 Å². The summed E-state index contributed by atoms with van der Waals surface area (Å²) in [6.45, 7) is 5.82. The van der Waals surface area contributed by atoms with Crippen LogP contribution in [0, 0.1) is 0 Å². The van der Waals surface area contributed by atoms with E-state index in [2.05, 4.69) is 10.0 Å². The molecule has 8 heteroatoms. The standard InChI is InChI=1S/C21H26N2O5S/c1-4-5-13-28-21(25)16-9-11-18(12-10-16)22-20(24)17-7-6-8-19(14-17)29(26,27)23-15(2)3/h6-12,14-15,23H,4-5,13H2,1-3H3,(H,22,24). The first kappa shape index (κ1) is 22.6. The number of sulfonamides is 1. The number of ether oxygens (including phenoxy) is 1. The van der Waals surface area contributed by atoms with Crippen LogP contribution in [0.15, 0.2) is 53.4 Å². The minimum absolute atomic E-state index is 0.0176. The average Bonchev–Trinajstić information content (AvgIpc) is 2.68. The summed E-state index contributed by atoms with van der Waals surface area (Å²) in [6.07, 6.45) is 1.75. The number of carbonyl (C=O) groups excluding carboxylic acids is 2. The van der Waals surface area contributed by atoms with E-state index in [-0.39, 0.29) is 16.5 Å². The van der Waals surface area contributed by atoms with E-state index >= 15 is 0 Å². The molecule has 0 saturated heterocycles. The molecule has 0 aliphatic rings. The van der Waals surface area contributed by atoms with Gasteiger partial charge in [-0.2, -0.15) is 0 Å². The second-order valence-electron chi connectivity index (χ2n) is 6.82. The molecule has 2 rings (SSSR count). The largest absolute Gasteiger partial charge is 0.462 e. The second kappa shape index (κ2) is 10.2. The number of rotatable bonds is 9. The van der Waals surface area contributed by atoms with Gasteiger partial charge in [0.2, 0.25) is 10.0 Å². The number of hydrogen-bond donors (Lipinski definition) is 2. The zero-order valence-electron chi connectivity index (χ0n) is 16.8. The van der Waals surface area contributed by atoms with Crippen LogP contribution in [0.5, 0.6) is 0 Å². The van der Waals surface area contributed by atoms with Crippen molar-refractivity contribution < 1.29 is 22.7 Å². The van der Waals surface area contributed by atoms with E-state index < -0.39 is 21.9 Å². The Hall–Kier alpha value is -2.71. The van der Waals surface area contributed by atoms with E-state index in [1.165, 1.54) is 24.3 Å². The van der Waals surface area contributed by atoms with E-state index in [0.29, 0.717) is 17.9 Å². The second-order valence-corrected chi connectivity index (χ2v) is 8.54. The highest BCUT2D eigenvalue weighted by atomic mass is 32.2. The lowest BCUT2D eigenvalue weighted by Crippen LogP contribution is -2.30. The number of unbranched alkanes of at least 4 members (excludes halogenated alkanes) is 1. The quantitative estimate of drug-likeness (QED) is 0.479. The zero-order valence-corrected chi connectivity index (χ0v) is 17.6. The maximum Gasteiger partial charge on any atom is 0.338 e. The Morgan fingerprint density at radius 2 is 1.72 bits per heavy atom. The molecule has 0 spiro atoms. The minimum Gasteiger partial charge on any atom is -0.462 e. The van der Waals surface area contributed by atoms with Crippen LogP contribution in [0.1, 0.15) is 54.3 Å². The number of carbonyl (C=O) groups is 2. The fourth-order valence-electron chi connectivity index (χ4n) is 2.47. The van der Waals surface area contributed by atoms with Crippen molar-refractivity contribution >= 4 is 27.6 Å². The first-order valence-electron chi connectivity index (χ1n) is 9.44. The maximum absolute atomic E-state index is 12.5. The van der Waals surface area contributed by atoms with Gasteiger partial charge in [0.25, 0.3) is 5.91 Å². The fraction of sp³-hybridized carbons (Fsp3) is 0.333. The fourth-order valence-corrected chi connectivity index (χ4v) is 3.76. The summed E-state index contributed by atoms with van der Waals surface area (Å²) < 4.78 is 32.2. The Balaban J connectivity index is 2.07. The lowest BCUT2D eigenvalue weighted by atomic mass is 10.2. The molecule has 2 aromatic rings. The molecular weight excluding hydrogens is 392 g/mol. The highest BCUT2D eigenvalue weighted by Gasteiger charge is 2.17. The van der Waals surface area contributed by atoms with E-state index in [1.54, 1.807) is 38.1 Å². The minimum atomic E-state index is -3.69. The topological polar surface area (TPSA) is 102 Å².